The molecular formula is C79H99N3O9S2. The molecule has 1 aromatic heterocycles. The number of aromatic hydroxyl groups is 1. The zero-order chi connectivity index (χ0) is 63.8. The van der Waals surface area contributed by atoms with Crippen molar-refractivity contribution < 1.29 is 45.2 Å². The third-order valence-corrected chi connectivity index (χ3v) is 28.9. The number of aromatic nitrogens is 1. The lowest BCUT2D eigenvalue weighted by molar-refractivity contribution is -0.219. The summed E-state index contributed by atoms with van der Waals surface area (Å²) in [5.41, 5.74) is 16.4. The average Bonchev–Trinajstić information content (AvgIpc) is 1.55. The lowest BCUT2D eigenvalue weighted by Crippen LogP contribution is -2.70. The Hall–Kier alpha value is -4.92. The van der Waals surface area contributed by atoms with Gasteiger partial charge in [0.1, 0.15) is 11.9 Å². The molecule has 0 radical (unpaired) electrons. The lowest BCUT2D eigenvalue weighted by atomic mass is 9.31. The zero-order valence-corrected chi connectivity index (χ0v) is 55.9. The van der Waals surface area contributed by atoms with Crippen molar-refractivity contribution in [2.45, 2.75) is 177 Å². The molecule has 4 spiro atoms. The Balaban J connectivity index is 0.868. The van der Waals surface area contributed by atoms with E-state index < -0.39 is 65.2 Å². The van der Waals surface area contributed by atoms with Crippen LogP contribution in [0.3, 0.4) is 0 Å². The molecule has 4 aromatic rings. The number of nitrogens with one attached hydrogen (secondary N) is 2. The van der Waals surface area contributed by atoms with Crippen molar-refractivity contribution >= 4 is 21.6 Å². The normalized spacial score (nSPS) is 39.2. The van der Waals surface area contributed by atoms with Gasteiger partial charge >= 0.3 is 0 Å². The van der Waals surface area contributed by atoms with E-state index >= 15 is 0 Å². The van der Waals surface area contributed by atoms with Gasteiger partial charge in [0.15, 0.2) is 11.5 Å². The van der Waals surface area contributed by atoms with Crippen LogP contribution in [0.15, 0.2) is 132 Å². The highest BCUT2D eigenvalue weighted by Gasteiger charge is 2.75. The molecule has 11 aliphatic rings. The van der Waals surface area contributed by atoms with E-state index in [1.807, 2.05) is 24.4 Å². The first-order valence-corrected chi connectivity index (χ1v) is 38.2. The molecule has 4 saturated carbocycles. The summed E-state index contributed by atoms with van der Waals surface area (Å²) in [6, 6.07) is 28.5. The van der Waals surface area contributed by atoms with Gasteiger partial charge in [0.25, 0.3) is 0 Å². The third-order valence-electron chi connectivity index (χ3n) is 26.5. The molecular weight excluding hydrogens is 1200 g/mol. The highest BCUT2D eigenvalue weighted by Crippen LogP contribution is 2.79. The van der Waals surface area contributed by atoms with Gasteiger partial charge in [0.05, 0.1) is 43.7 Å². The van der Waals surface area contributed by atoms with Crippen LogP contribution in [0, 0.1) is 86.8 Å². The van der Waals surface area contributed by atoms with E-state index in [9.17, 15) is 35.7 Å². The molecule has 2 bridgehead atoms. The molecule has 0 amide bonds. The Bertz CT molecular complexity index is 3550. The number of nitrogens with two attached hydrogens (primary N) is 1. The summed E-state index contributed by atoms with van der Waals surface area (Å²) in [6.07, 6.45) is 23.6. The van der Waals surface area contributed by atoms with Crippen LogP contribution in [0.5, 0.6) is 11.5 Å². The monoisotopic (exact) mass is 1300 g/mol. The molecule has 20 atom stereocenters. The minimum absolute atomic E-state index is 0.0189. The van der Waals surface area contributed by atoms with Crippen LogP contribution in [-0.2, 0) is 30.4 Å². The molecule has 93 heavy (non-hydrogen) atoms. The van der Waals surface area contributed by atoms with Crippen LogP contribution < -0.4 is 15.8 Å². The topological polar surface area (TPSA) is 214 Å². The number of aliphatic hydroxyl groups is 6. The second kappa shape index (κ2) is 26.2. The Labute approximate surface area is 558 Å². The number of dihydropyridines is 1. The van der Waals surface area contributed by atoms with Crippen LogP contribution in [0.2, 0.25) is 0 Å². The summed E-state index contributed by atoms with van der Waals surface area (Å²) >= 11 is 0. The molecule has 3 heterocycles. The second-order valence-electron chi connectivity index (χ2n) is 30.5. The number of aliphatic hydroxyl groups excluding tert-OH is 6. The number of benzene rings is 3. The van der Waals surface area contributed by atoms with Crippen molar-refractivity contribution in [3.05, 3.63) is 165 Å². The molecule has 1 saturated heterocycles. The molecule has 12 nitrogen and oxygen atoms in total. The fraction of sp³-hybridized carbons (Fsp3) is 0.595. The quantitative estimate of drug-likeness (QED) is 0.0407. The largest absolute Gasteiger partial charge is 0.504 e. The van der Waals surface area contributed by atoms with Gasteiger partial charge in [0.2, 0.25) is 0 Å². The zero-order valence-electron chi connectivity index (χ0n) is 54.2. The molecule has 5 fully saturated rings. The number of hydrogen-bond donors (Lipinski definition) is 10. The van der Waals surface area contributed by atoms with Crippen molar-refractivity contribution in [2.75, 3.05) is 37.9 Å². The lowest BCUT2D eigenvalue weighted by Gasteiger charge is -2.72. The SMILES string of the molecule is CC[C@@H]1Cc2cc(O)c(O[C@H]3C[C@@H](Cc4ccc[nH]4)C4=CCNC(N)=C4CSSC[C@H](CO)[C@@H]3O)cc2[C@H]2C[C@@H](O)[C@H]3[C@@H](OCCO)CC[C@H](O)[C@@H]4C=C[C@]56[C@@H]7[C@H](O)CC[C@@H]5[C@]5(CCCC58CCCC8)Cc5ccccc5C[C@H]6[C@@H](c5ccccc5)C[C@@]74C#C[C@H]3C=C12. The Morgan fingerprint density at radius 3 is 2.41 bits per heavy atom. The Morgan fingerprint density at radius 1 is 0.806 bits per heavy atom. The van der Waals surface area contributed by atoms with E-state index in [-0.39, 0.29) is 83.6 Å². The van der Waals surface area contributed by atoms with Crippen LogP contribution >= 0.6 is 21.6 Å². The van der Waals surface area contributed by atoms with Crippen LogP contribution in [-0.4, -0.2) is 115 Å². The van der Waals surface area contributed by atoms with Crippen LogP contribution in [0.25, 0.3) is 0 Å². The van der Waals surface area contributed by atoms with Gasteiger partial charge in [-0.25, -0.2) is 0 Å². The second-order valence-corrected chi connectivity index (χ2v) is 33.0. The van der Waals surface area contributed by atoms with Crippen molar-refractivity contribution in [3.8, 4) is 23.3 Å². The van der Waals surface area contributed by atoms with Gasteiger partial charge in [-0.1, -0.05) is 144 Å². The molecule has 11 N–H and O–H groups in total. The predicted octanol–water partition coefficient (Wildman–Crippen LogP) is 11.8. The summed E-state index contributed by atoms with van der Waals surface area (Å²) < 4.78 is 13.9. The van der Waals surface area contributed by atoms with E-state index in [0.29, 0.717) is 81.2 Å². The highest BCUT2D eigenvalue weighted by atomic mass is 33.1. The van der Waals surface area contributed by atoms with Gasteiger partial charge < -0.3 is 61.3 Å². The fourth-order valence-corrected chi connectivity index (χ4v) is 25.2. The average molecular weight is 1300 g/mol. The molecule has 15 rings (SSSR count). The number of ether oxygens (including phenoxy) is 2. The number of phenolic OH excluding ortho intramolecular Hbond substituents is 1. The Morgan fingerprint density at radius 2 is 1.61 bits per heavy atom. The molecule has 3 aromatic carbocycles. The van der Waals surface area contributed by atoms with E-state index in [0.717, 1.165) is 53.7 Å². The maximum absolute atomic E-state index is 13.6. The van der Waals surface area contributed by atoms with Crippen molar-refractivity contribution in [1.29, 1.82) is 0 Å². The predicted molar refractivity (Wildman–Crippen MR) is 368 cm³/mol. The number of allylic oxidation sites excluding steroid dienone is 4. The number of rotatable bonds is 10. The summed E-state index contributed by atoms with van der Waals surface area (Å²) in [6.45, 7) is 2.45. The standard InChI is InChI=1S/C79H99N3O9S2/c1-2-47-34-52-38-66(87)69(91-70-39-53(35-55-16-10-30-81-55)56-23-31-82-75(80)61(56)46-93-92-45-54(44-84)73(70)89)41-58(52)59-40-67(88)72-50(36-57(47)59)21-28-77-43-60(48-12-4-3-5-13-48)63-37-49-14-6-7-15-51(49)42-78(27-11-26-76(78)24-8-9-25-76)71-20-18-65(86)74(77)79(63,71)29-22-62(77)64(85)17-19-68(72)90-33-32-83/h3-7,10,12-16,22-23,29-30,36,38,41,47,50,53-54,59-60,62-65,67-68,70-74,81-89H,2,8-9,11,17-20,24-27,31-35,37,39-40,42-46,80H2,1H3/t47-,50+,53-,54+,59+,60-,62+,63+,64+,65-,67-,68+,70+,71-,72+,73+,74-,77-,78+,79-/m1/s1. The first kappa shape index (κ1) is 64.1. The summed E-state index contributed by atoms with van der Waals surface area (Å²) in [5.74, 6) is 8.45. The van der Waals surface area contributed by atoms with E-state index in [2.05, 4.69) is 114 Å². The smallest absolute Gasteiger partial charge is 0.161 e. The molecule has 2 aliphatic heterocycles. The van der Waals surface area contributed by atoms with Gasteiger partial charge in [-0.3, -0.25) is 0 Å². The Kier molecular flexibility index (Phi) is 18.0. The number of fused-ring (bicyclic) bond motifs is 8. The van der Waals surface area contributed by atoms with E-state index in [1.54, 1.807) is 21.6 Å². The summed E-state index contributed by atoms with van der Waals surface area (Å²) in [5, 5.41) is 89.9. The maximum atomic E-state index is 13.6. The fourth-order valence-electron chi connectivity index (χ4n) is 22.7. The summed E-state index contributed by atoms with van der Waals surface area (Å²) in [4.78, 5) is 3.41. The van der Waals surface area contributed by atoms with Crippen molar-refractivity contribution in [1.82, 2.24) is 10.3 Å². The molecule has 9 aliphatic carbocycles. The molecule has 496 valence electrons. The van der Waals surface area contributed by atoms with E-state index in [1.165, 1.54) is 67.2 Å². The molecule has 14 heteroatoms. The molecule has 0 unspecified atom stereocenters. The van der Waals surface area contributed by atoms with Crippen molar-refractivity contribution in [3.63, 3.8) is 0 Å². The number of phenols is 1. The first-order valence-electron chi connectivity index (χ1n) is 35.8. The van der Waals surface area contributed by atoms with E-state index in [4.69, 9.17) is 15.2 Å². The van der Waals surface area contributed by atoms with Gasteiger partial charge in [0, 0.05) is 88.5 Å². The van der Waals surface area contributed by atoms with Crippen LogP contribution in [0.4, 0.5) is 0 Å². The third kappa shape index (κ3) is 10.9. The van der Waals surface area contributed by atoms with Crippen molar-refractivity contribution in [2.24, 2.45) is 80.7 Å². The van der Waals surface area contributed by atoms with Gasteiger partial charge in [-0.05, 0) is 201 Å². The minimum atomic E-state index is -1.09. The minimum Gasteiger partial charge on any atom is -0.504 e. The summed E-state index contributed by atoms with van der Waals surface area (Å²) in [7, 11) is 3.27. The first-order chi connectivity index (χ1) is 45.3. The number of H-pyrrole nitrogens is 1. The number of hydrogen-bond acceptors (Lipinski definition) is 13. The van der Waals surface area contributed by atoms with Gasteiger partial charge in [-0.15, -0.1) is 0 Å². The van der Waals surface area contributed by atoms with Crippen LogP contribution in [0.1, 0.15) is 149 Å². The van der Waals surface area contributed by atoms with Gasteiger partial charge in [-0.2, -0.15) is 0 Å². The maximum Gasteiger partial charge on any atom is 0.161 e. The number of aromatic amines is 1. The highest BCUT2D eigenvalue weighted by molar-refractivity contribution is 8.76.